The monoisotopic (exact) mass is 332 g/mol. The van der Waals surface area contributed by atoms with Gasteiger partial charge in [0.15, 0.2) is 11.5 Å². The molecule has 2 heterocycles. The molecule has 0 aliphatic rings. The first-order chi connectivity index (χ1) is 12.2. The zero-order valence-electron chi connectivity index (χ0n) is 13.6. The Labute approximate surface area is 144 Å². The highest BCUT2D eigenvalue weighted by molar-refractivity contribution is 5.93. The van der Waals surface area contributed by atoms with Crippen LogP contribution in [0.25, 0.3) is 22.6 Å². The van der Waals surface area contributed by atoms with Crippen LogP contribution >= 0.6 is 0 Å². The number of benzene rings is 2. The van der Waals surface area contributed by atoms with Crippen LogP contribution in [0.15, 0.2) is 65.4 Å². The molecule has 0 spiro atoms. The molecule has 124 valence electrons. The molecule has 0 saturated heterocycles. The van der Waals surface area contributed by atoms with Crippen molar-refractivity contribution in [1.29, 1.82) is 0 Å². The Morgan fingerprint density at radius 2 is 1.88 bits per heavy atom. The van der Waals surface area contributed by atoms with E-state index in [4.69, 9.17) is 9.51 Å². The smallest absolute Gasteiger partial charge is 0.221 e. The van der Waals surface area contributed by atoms with Gasteiger partial charge >= 0.3 is 0 Å². The number of para-hydroxylation sites is 2. The first kappa shape index (κ1) is 15.1. The van der Waals surface area contributed by atoms with E-state index in [1.165, 1.54) is 13.2 Å². The van der Waals surface area contributed by atoms with E-state index in [0.717, 1.165) is 16.6 Å². The van der Waals surface area contributed by atoms with Crippen molar-refractivity contribution in [3.8, 4) is 11.5 Å². The minimum absolute atomic E-state index is 0.185. The topological polar surface area (TPSA) is 73.0 Å². The first-order valence-electron chi connectivity index (χ1n) is 7.94. The molecule has 0 fully saturated rings. The standard InChI is InChI=1S/C19H16N4O2/c1-13(24)20-16-12-25-22-18(16)19-21-15-9-5-6-10-17(15)23(19)11-14-7-3-2-4-8-14/h2-10,12H,11H2,1H3,(H,20,24). The Balaban J connectivity index is 1.88. The lowest BCUT2D eigenvalue weighted by Gasteiger charge is -2.09. The zero-order valence-corrected chi connectivity index (χ0v) is 13.6. The molecule has 2 aromatic heterocycles. The molecule has 4 rings (SSSR count). The van der Waals surface area contributed by atoms with Crippen LogP contribution in [-0.2, 0) is 11.3 Å². The van der Waals surface area contributed by atoms with Gasteiger partial charge in [-0.15, -0.1) is 0 Å². The van der Waals surface area contributed by atoms with Crippen LogP contribution in [-0.4, -0.2) is 20.6 Å². The third-order valence-electron chi connectivity index (χ3n) is 3.93. The summed E-state index contributed by atoms with van der Waals surface area (Å²) in [5, 5.41) is 6.80. The summed E-state index contributed by atoms with van der Waals surface area (Å²) < 4.78 is 7.16. The van der Waals surface area contributed by atoms with Crippen molar-refractivity contribution in [1.82, 2.24) is 14.7 Å². The second-order valence-corrected chi connectivity index (χ2v) is 5.75. The van der Waals surface area contributed by atoms with E-state index in [0.29, 0.717) is 23.8 Å². The molecule has 25 heavy (non-hydrogen) atoms. The van der Waals surface area contributed by atoms with E-state index in [1.54, 1.807) is 0 Å². The number of nitrogens with zero attached hydrogens (tertiary/aromatic N) is 3. The predicted octanol–water partition coefficient (Wildman–Crippen LogP) is 3.70. The molecule has 6 heteroatoms. The van der Waals surface area contributed by atoms with E-state index < -0.39 is 0 Å². The molecule has 4 aromatic rings. The third kappa shape index (κ3) is 2.89. The van der Waals surface area contributed by atoms with E-state index >= 15 is 0 Å². The van der Waals surface area contributed by atoms with Gasteiger partial charge in [-0.3, -0.25) is 4.79 Å². The van der Waals surface area contributed by atoms with Gasteiger partial charge in [0.2, 0.25) is 5.91 Å². The van der Waals surface area contributed by atoms with Crippen molar-refractivity contribution in [2.24, 2.45) is 0 Å². The fourth-order valence-corrected chi connectivity index (χ4v) is 2.86. The summed E-state index contributed by atoms with van der Waals surface area (Å²) in [6, 6.07) is 18.0. The molecule has 0 bridgehead atoms. The summed E-state index contributed by atoms with van der Waals surface area (Å²) in [4.78, 5) is 16.1. The summed E-state index contributed by atoms with van der Waals surface area (Å²) in [6.45, 7) is 2.09. The van der Waals surface area contributed by atoms with E-state index in [9.17, 15) is 4.79 Å². The number of anilines is 1. The van der Waals surface area contributed by atoms with Crippen LogP contribution in [0, 0.1) is 0 Å². The molecule has 0 aliphatic heterocycles. The Morgan fingerprint density at radius 1 is 1.12 bits per heavy atom. The predicted molar refractivity (Wildman–Crippen MR) is 95.1 cm³/mol. The highest BCUT2D eigenvalue weighted by atomic mass is 16.5. The second-order valence-electron chi connectivity index (χ2n) is 5.75. The number of carbonyl (C=O) groups is 1. The maximum absolute atomic E-state index is 11.4. The van der Waals surface area contributed by atoms with Crippen LogP contribution in [0.4, 0.5) is 5.69 Å². The van der Waals surface area contributed by atoms with Crippen molar-refractivity contribution in [3.63, 3.8) is 0 Å². The first-order valence-corrected chi connectivity index (χ1v) is 7.94. The molecule has 1 amide bonds. The zero-order chi connectivity index (χ0) is 17.2. The lowest BCUT2D eigenvalue weighted by atomic mass is 10.2. The van der Waals surface area contributed by atoms with E-state index in [2.05, 4.69) is 27.2 Å². The van der Waals surface area contributed by atoms with Crippen molar-refractivity contribution in [2.45, 2.75) is 13.5 Å². The molecule has 1 N–H and O–H groups in total. The average Bonchev–Trinajstić information content (AvgIpc) is 3.20. The van der Waals surface area contributed by atoms with Gasteiger partial charge in [0.1, 0.15) is 12.0 Å². The number of aromatic nitrogens is 3. The minimum Gasteiger partial charge on any atom is -0.362 e. The van der Waals surface area contributed by atoms with Crippen molar-refractivity contribution in [3.05, 3.63) is 66.4 Å². The quantitative estimate of drug-likeness (QED) is 0.618. The Hall–Kier alpha value is -3.41. The van der Waals surface area contributed by atoms with Crippen molar-refractivity contribution < 1.29 is 9.32 Å². The number of hydrogen-bond acceptors (Lipinski definition) is 4. The van der Waals surface area contributed by atoms with Gasteiger partial charge in [-0.25, -0.2) is 4.98 Å². The molecular weight excluding hydrogens is 316 g/mol. The number of carbonyl (C=O) groups excluding carboxylic acids is 1. The van der Waals surface area contributed by atoms with Crippen molar-refractivity contribution >= 4 is 22.6 Å². The molecule has 0 aliphatic carbocycles. The Morgan fingerprint density at radius 3 is 2.68 bits per heavy atom. The second kappa shape index (κ2) is 6.24. The van der Waals surface area contributed by atoms with Gasteiger partial charge in [0, 0.05) is 13.5 Å². The SMILES string of the molecule is CC(=O)Nc1conc1-c1nc2ccccc2n1Cc1ccccc1. The number of nitrogens with one attached hydrogen (secondary N) is 1. The van der Waals surface area contributed by atoms with E-state index in [-0.39, 0.29) is 5.91 Å². The summed E-state index contributed by atoms with van der Waals surface area (Å²) in [7, 11) is 0. The summed E-state index contributed by atoms with van der Waals surface area (Å²) in [6.07, 6.45) is 1.42. The fraction of sp³-hybridized carbons (Fsp3) is 0.105. The minimum atomic E-state index is -0.185. The number of amides is 1. The number of rotatable bonds is 4. The van der Waals surface area contributed by atoms with Crippen molar-refractivity contribution in [2.75, 3.05) is 5.32 Å². The van der Waals surface area contributed by atoms with Gasteiger partial charge in [-0.05, 0) is 17.7 Å². The maximum Gasteiger partial charge on any atom is 0.221 e. The van der Waals surface area contributed by atoms with Crippen LogP contribution in [0.2, 0.25) is 0 Å². The highest BCUT2D eigenvalue weighted by Gasteiger charge is 2.19. The van der Waals surface area contributed by atoms with Gasteiger partial charge in [-0.2, -0.15) is 0 Å². The number of hydrogen-bond donors (Lipinski definition) is 1. The normalized spacial score (nSPS) is 10.9. The summed E-state index contributed by atoms with van der Waals surface area (Å²) in [5.74, 6) is 0.470. The highest BCUT2D eigenvalue weighted by Crippen LogP contribution is 2.30. The molecule has 0 atom stereocenters. The number of fused-ring (bicyclic) bond motifs is 1. The third-order valence-corrected chi connectivity index (χ3v) is 3.93. The largest absolute Gasteiger partial charge is 0.362 e. The average molecular weight is 332 g/mol. The fourth-order valence-electron chi connectivity index (χ4n) is 2.86. The van der Waals surface area contributed by atoms with Crippen LogP contribution < -0.4 is 5.32 Å². The molecule has 6 nitrogen and oxygen atoms in total. The molecule has 2 aromatic carbocycles. The summed E-state index contributed by atoms with van der Waals surface area (Å²) >= 11 is 0. The lowest BCUT2D eigenvalue weighted by molar-refractivity contribution is -0.114. The van der Waals surface area contributed by atoms with Crippen LogP contribution in [0.5, 0.6) is 0 Å². The lowest BCUT2D eigenvalue weighted by Crippen LogP contribution is -2.08. The van der Waals surface area contributed by atoms with Gasteiger partial charge in [0.05, 0.1) is 11.0 Å². The molecule has 0 radical (unpaired) electrons. The molecular formula is C19H16N4O2. The van der Waals surface area contributed by atoms with Gasteiger partial charge in [0.25, 0.3) is 0 Å². The van der Waals surface area contributed by atoms with Gasteiger partial charge in [-0.1, -0.05) is 47.6 Å². The Kier molecular flexibility index (Phi) is 3.78. The van der Waals surface area contributed by atoms with E-state index in [1.807, 2.05) is 42.5 Å². The maximum atomic E-state index is 11.4. The van der Waals surface area contributed by atoms with Gasteiger partial charge < -0.3 is 14.4 Å². The van der Waals surface area contributed by atoms with Crippen LogP contribution in [0.3, 0.4) is 0 Å². The van der Waals surface area contributed by atoms with Crippen LogP contribution in [0.1, 0.15) is 12.5 Å². The summed E-state index contributed by atoms with van der Waals surface area (Å²) in [5.41, 5.74) is 4.04. The number of imidazole rings is 1. The molecule has 0 saturated carbocycles. The Bertz CT molecular complexity index is 1030. The molecule has 0 unspecified atom stereocenters.